The molecule has 1 amide bonds. The number of benzene rings is 1. The Hall–Kier alpha value is -2.20. The lowest BCUT2D eigenvalue weighted by molar-refractivity contribution is -0.121. The van der Waals surface area contributed by atoms with Crippen LogP contribution < -0.4 is 4.90 Å². The van der Waals surface area contributed by atoms with E-state index in [-0.39, 0.29) is 11.8 Å². The Morgan fingerprint density at radius 2 is 1.75 bits per heavy atom. The van der Waals surface area contributed by atoms with Crippen molar-refractivity contribution < 1.29 is 4.79 Å². The van der Waals surface area contributed by atoms with Gasteiger partial charge in [0.2, 0.25) is 5.91 Å². The normalized spacial score (nSPS) is 16.9. The number of rotatable bonds is 3. The van der Waals surface area contributed by atoms with Crippen LogP contribution in [0.5, 0.6) is 0 Å². The zero-order valence-corrected chi connectivity index (χ0v) is 17.3. The van der Waals surface area contributed by atoms with E-state index in [9.17, 15) is 4.79 Å². The van der Waals surface area contributed by atoms with E-state index in [4.69, 9.17) is 0 Å². The fraction of sp³-hybridized carbons (Fsp3) is 0.500. The monoisotopic (exact) mass is 379 g/mol. The molecule has 1 aromatic carbocycles. The Kier molecular flexibility index (Phi) is 7.61. The number of nitrogens with zero attached hydrogens (tertiary/aromatic N) is 3. The number of carbonyl (C=O) groups is 1. The van der Waals surface area contributed by atoms with Crippen LogP contribution in [0.1, 0.15) is 57.1 Å². The van der Waals surface area contributed by atoms with E-state index in [1.165, 1.54) is 36.8 Å². The highest BCUT2D eigenvalue weighted by atomic mass is 16.2. The minimum Gasteiger partial charge on any atom is -0.312 e. The Labute approximate surface area is 169 Å². The van der Waals surface area contributed by atoms with E-state index < -0.39 is 0 Å². The number of pyridine rings is 1. The fourth-order valence-corrected chi connectivity index (χ4v) is 3.91. The van der Waals surface area contributed by atoms with Gasteiger partial charge in [-0.05, 0) is 42.6 Å². The van der Waals surface area contributed by atoms with Crippen molar-refractivity contribution in [3.63, 3.8) is 0 Å². The smallest absolute Gasteiger partial charge is 0.229 e. The van der Waals surface area contributed by atoms with Crippen molar-refractivity contribution in [3.05, 3.63) is 59.9 Å². The van der Waals surface area contributed by atoms with E-state index in [1.807, 2.05) is 37.2 Å². The van der Waals surface area contributed by atoms with Crippen LogP contribution in [0.2, 0.25) is 0 Å². The number of amides is 1. The summed E-state index contributed by atoms with van der Waals surface area (Å²) in [7, 11) is 0. The Morgan fingerprint density at radius 3 is 2.50 bits per heavy atom. The maximum absolute atomic E-state index is 13.0. The largest absolute Gasteiger partial charge is 0.312 e. The fourth-order valence-electron chi connectivity index (χ4n) is 3.91. The highest BCUT2D eigenvalue weighted by Gasteiger charge is 2.22. The maximum atomic E-state index is 13.0. The SMILES string of the molecule is CC(C)C(=O)N1CCCCCCCN(Cc2cccnc2)Cc2ccccc21. The third-order valence-corrected chi connectivity index (χ3v) is 5.42. The van der Waals surface area contributed by atoms with Gasteiger partial charge in [0.05, 0.1) is 0 Å². The molecule has 1 aliphatic heterocycles. The van der Waals surface area contributed by atoms with Gasteiger partial charge in [-0.25, -0.2) is 0 Å². The topological polar surface area (TPSA) is 36.4 Å². The van der Waals surface area contributed by atoms with Gasteiger partial charge in [-0.15, -0.1) is 0 Å². The summed E-state index contributed by atoms with van der Waals surface area (Å²) in [5.74, 6) is 0.232. The molecule has 28 heavy (non-hydrogen) atoms. The third kappa shape index (κ3) is 5.65. The van der Waals surface area contributed by atoms with Gasteiger partial charge >= 0.3 is 0 Å². The predicted octanol–water partition coefficient (Wildman–Crippen LogP) is 5.04. The highest BCUT2D eigenvalue weighted by Crippen LogP contribution is 2.26. The molecule has 2 aromatic rings. The Balaban J connectivity index is 1.89. The van der Waals surface area contributed by atoms with E-state index >= 15 is 0 Å². The molecular weight excluding hydrogens is 346 g/mol. The molecule has 1 aliphatic rings. The van der Waals surface area contributed by atoms with Crippen molar-refractivity contribution in [1.82, 2.24) is 9.88 Å². The summed E-state index contributed by atoms with van der Waals surface area (Å²) in [6.45, 7) is 7.62. The first kappa shape index (κ1) is 20.5. The summed E-state index contributed by atoms with van der Waals surface area (Å²) < 4.78 is 0. The second kappa shape index (κ2) is 10.4. The Morgan fingerprint density at radius 1 is 1.00 bits per heavy atom. The van der Waals surface area contributed by atoms with Crippen molar-refractivity contribution in [2.45, 2.75) is 59.0 Å². The van der Waals surface area contributed by atoms with Gasteiger partial charge in [0.15, 0.2) is 0 Å². The lowest BCUT2D eigenvalue weighted by Gasteiger charge is -2.30. The minimum atomic E-state index is 0.00691. The van der Waals surface area contributed by atoms with Gasteiger partial charge in [0, 0.05) is 43.6 Å². The van der Waals surface area contributed by atoms with Crippen LogP contribution in [0.15, 0.2) is 48.8 Å². The molecule has 0 unspecified atom stereocenters. The second-order valence-electron chi connectivity index (χ2n) is 8.11. The first-order valence-electron chi connectivity index (χ1n) is 10.7. The number of hydrogen-bond acceptors (Lipinski definition) is 3. The predicted molar refractivity (Wildman–Crippen MR) is 115 cm³/mol. The number of para-hydroxylation sites is 1. The number of hydrogen-bond donors (Lipinski definition) is 0. The molecule has 1 aromatic heterocycles. The van der Waals surface area contributed by atoms with Crippen molar-refractivity contribution in [2.75, 3.05) is 18.0 Å². The molecule has 4 nitrogen and oxygen atoms in total. The zero-order valence-electron chi connectivity index (χ0n) is 17.3. The van der Waals surface area contributed by atoms with Crippen LogP contribution in [-0.2, 0) is 17.9 Å². The van der Waals surface area contributed by atoms with Crippen LogP contribution >= 0.6 is 0 Å². The van der Waals surface area contributed by atoms with Gasteiger partial charge < -0.3 is 4.90 Å². The summed E-state index contributed by atoms with van der Waals surface area (Å²) in [6, 6.07) is 12.6. The number of carbonyl (C=O) groups excluding carboxylic acids is 1. The van der Waals surface area contributed by atoms with E-state index in [0.29, 0.717) is 0 Å². The molecule has 4 heteroatoms. The lowest BCUT2D eigenvalue weighted by atomic mass is 10.0. The van der Waals surface area contributed by atoms with Gasteiger partial charge in [0.1, 0.15) is 0 Å². The summed E-state index contributed by atoms with van der Waals surface area (Å²) in [4.78, 5) is 21.8. The van der Waals surface area contributed by atoms with Gasteiger partial charge in [0.25, 0.3) is 0 Å². The van der Waals surface area contributed by atoms with E-state index in [1.54, 1.807) is 0 Å². The number of fused-ring (bicyclic) bond motifs is 1. The van der Waals surface area contributed by atoms with E-state index in [0.717, 1.165) is 38.3 Å². The number of anilines is 1. The van der Waals surface area contributed by atoms with Gasteiger partial charge in [-0.2, -0.15) is 0 Å². The summed E-state index contributed by atoms with van der Waals surface area (Å²) in [5.41, 5.74) is 3.56. The van der Waals surface area contributed by atoms with E-state index in [2.05, 4.69) is 40.2 Å². The first-order valence-corrected chi connectivity index (χ1v) is 10.7. The summed E-state index contributed by atoms with van der Waals surface area (Å²) in [5, 5.41) is 0. The minimum absolute atomic E-state index is 0.00691. The average Bonchev–Trinajstić information content (AvgIpc) is 2.70. The molecule has 2 heterocycles. The van der Waals surface area contributed by atoms with Gasteiger partial charge in [-0.3, -0.25) is 14.7 Å². The molecule has 0 spiro atoms. The van der Waals surface area contributed by atoms with Crippen molar-refractivity contribution in [2.24, 2.45) is 5.92 Å². The zero-order chi connectivity index (χ0) is 19.8. The molecule has 150 valence electrons. The molecule has 0 bridgehead atoms. The molecule has 0 saturated carbocycles. The second-order valence-corrected chi connectivity index (χ2v) is 8.11. The molecule has 3 rings (SSSR count). The van der Waals surface area contributed by atoms with Crippen LogP contribution in [-0.4, -0.2) is 28.9 Å². The average molecular weight is 380 g/mol. The molecule has 0 radical (unpaired) electrons. The molecule has 0 saturated heterocycles. The standard InChI is InChI=1S/C24H33N3O/c1-20(2)24(28)27-16-9-5-3-4-8-15-26(18-21-11-10-14-25-17-21)19-22-12-6-7-13-23(22)27/h6-7,10-14,17,20H,3-5,8-9,15-16,18-19H2,1-2H3. The number of aromatic nitrogens is 1. The van der Waals surface area contributed by atoms with Crippen LogP contribution in [0, 0.1) is 5.92 Å². The quantitative estimate of drug-likeness (QED) is 0.750. The molecule has 0 fully saturated rings. The summed E-state index contributed by atoms with van der Waals surface area (Å²) in [6.07, 6.45) is 9.76. The van der Waals surface area contributed by atoms with Crippen LogP contribution in [0.4, 0.5) is 5.69 Å². The molecular formula is C24H33N3O. The lowest BCUT2D eigenvalue weighted by Crippen LogP contribution is -2.36. The maximum Gasteiger partial charge on any atom is 0.229 e. The van der Waals surface area contributed by atoms with Crippen molar-refractivity contribution in [3.8, 4) is 0 Å². The molecule has 0 N–H and O–H groups in total. The highest BCUT2D eigenvalue weighted by molar-refractivity contribution is 5.95. The molecule has 0 aliphatic carbocycles. The van der Waals surface area contributed by atoms with Crippen LogP contribution in [0.25, 0.3) is 0 Å². The van der Waals surface area contributed by atoms with Gasteiger partial charge in [-0.1, -0.05) is 57.4 Å². The first-order chi connectivity index (χ1) is 13.6. The summed E-state index contributed by atoms with van der Waals surface area (Å²) >= 11 is 0. The molecule has 0 atom stereocenters. The van der Waals surface area contributed by atoms with Crippen molar-refractivity contribution in [1.29, 1.82) is 0 Å². The Bertz CT molecular complexity index is 745. The van der Waals surface area contributed by atoms with Crippen molar-refractivity contribution >= 4 is 11.6 Å². The third-order valence-electron chi connectivity index (χ3n) is 5.42. The van der Waals surface area contributed by atoms with Crippen LogP contribution in [0.3, 0.4) is 0 Å².